The van der Waals surface area contributed by atoms with Crippen LogP contribution in [0.3, 0.4) is 0 Å². The van der Waals surface area contributed by atoms with Gasteiger partial charge in [0, 0.05) is 17.3 Å². The lowest BCUT2D eigenvalue weighted by Gasteiger charge is -2.16. The number of nitriles is 1. The fraction of sp³-hybridized carbons (Fsp3) is 0.241. The molecule has 180 valence electrons. The highest BCUT2D eigenvalue weighted by Gasteiger charge is 2.19. The van der Waals surface area contributed by atoms with Crippen molar-refractivity contribution in [3.63, 3.8) is 0 Å². The van der Waals surface area contributed by atoms with Gasteiger partial charge in [-0.15, -0.1) is 5.92 Å². The molecule has 0 aliphatic heterocycles. The monoisotopic (exact) mass is 478 g/mol. The number of aliphatic carboxylic acids is 1. The number of carboxylic acid groups (broad SMARTS) is 1. The summed E-state index contributed by atoms with van der Waals surface area (Å²) in [5, 5.41) is 22.9. The average Bonchev–Trinajstić information content (AvgIpc) is 3.36. The van der Waals surface area contributed by atoms with Crippen molar-refractivity contribution in [2.45, 2.75) is 45.1 Å². The fourth-order valence-corrected chi connectivity index (χ4v) is 3.96. The lowest BCUT2D eigenvalue weighted by atomic mass is 9.85. The zero-order valence-corrected chi connectivity index (χ0v) is 20.4. The van der Waals surface area contributed by atoms with Crippen molar-refractivity contribution >= 4 is 11.6 Å². The predicted molar refractivity (Wildman–Crippen MR) is 136 cm³/mol. The molecule has 2 heterocycles. The summed E-state index contributed by atoms with van der Waals surface area (Å²) in [5.41, 5.74) is 4.77. The molecule has 4 rings (SSSR count). The molecule has 0 amide bonds. The minimum atomic E-state index is -0.885. The molecule has 7 heteroatoms. The maximum absolute atomic E-state index is 11.2. The Morgan fingerprint density at radius 2 is 1.86 bits per heavy atom. The average molecular weight is 479 g/mol. The van der Waals surface area contributed by atoms with Gasteiger partial charge in [-0.2, -0.15) is 10.4 Å². The normalized spacial score (nSPS) is 11.8. The summed E-state index contributed by atoms with van der Waals surface area (Å²) >= 11 is 0. The molecule has 1 N–H and O–H groups in total. The van der Waals surface area contributed by atoms with E-state index in [9.17, 15) is 10.1 Å². The van der Waals surface area contributed by atoms with E-state index >= 15 is 0 Å². The first-order chi connectivity index (χ1) is 17.3. The van der Waals surface area contributed by atoms with Gasteiger partial charge in [-0.3, -0.25) is 4.79 Å². The smallest absolute Gasteiger partial charge is 0.304 e. The predicted octanol–water partition coefficient (Wildman–Crippen LogP) is 5.36. The van der Waals surface area contributed by atoms with Crippen molar-refractivity contribution in [3.8, 4) is 34.8 Å². The zero-order chi connectivity index (χ0) is 25.7. The van der Waals surface area contributed by atoms with Crippen molar-refractivity contribution in [1.82, 2.24) is 14.6 Å². The van der Waals surface area contributed by atoms with Crippen LogP contribution in [0.15, 0.2) is 67.1 Å². The Labute approximate surface area is 210 Å². The van der Waals surface area contributed by atoms with Gasteiger partial charge < -0.3 is 9.84 Å². The number of rotatable bonds is 8. The first-order valence-electron chi connectivity index (χ1n) is 11.5. The molecule has 0 aliphatic carbocycles. The zero-order valence-electron chi connectivity index (χ0n) is 20.4. The van der Waals surface area contributed by atoms with Crippen LogP contribution < -0.4 is 4.74 Å². The van der Waals surface area contributed by atoms with E-state index < -0.39 is 11.4 Å². The van der Waals surface area contributed by atoms with Crippen molar-refractivity contribution in [3.05, 3.63) is 83.8 Å². The summed E-state index contributed by atoms with van der Waals surface area (Å²) < 4.78 is 7.77. The maximum atomic E-state index is 11.2. The summed E-state index contributed by atoms with van der Waals surface area (Å²) in [5.74, 6) is 5.17. The number of carboxylic acids is 1. The number of nitrogens with zero attached hydrogens (tertiary/aromatic N) is 4. The Morgan fingerprint density at radius 3 is 2.50 bits per heavy atom. The first kappa shape index (κ1) is 24.5. The number of benzene rings is 2. The molecule has 0 saturated heterocycles. The van der Waals surface area contributed by atoms with Crippen LogP contribution in [-0.4, -0.2) is 25.7 Å². The topological polar surface area (TPSA) is 101 Å². The molecule has 36 heavy (non-hydrogen) atoms. The minimum Gasteiger partial charge on any atom is -0.489 e. The Kier molecular flexibility index (Phi) is 7.03. The summed E-state index contributed by atoms with van der Waals surface area (Å²) in [7, 11) is 0. The molecule has 1 atom stereocenters. The largest absolute Gasteiger partial charge is 0.489 e. The molecule has 0 fully saturated rings. The molecule has 0 radical (unpaired) electrons. The van der Waals surface area contributed by atoms with Gasteiger partial charge in [-0.25, -0.2) is 9.50 Å². The van der Waals surface area contributed by atoms with Gasteiger partial charge >= 0.3 is 5.97 Å². The third kappa shape index (κ3) is 5.37. The molecule has 0 aliphatic rings. The third-order valence-corrected chi connectivity index (χ3v) is 6.04. The Morgan fingerprint density at radius 1 is 1.14 bits per heavy atom. The Hall–Kier alpha value is -4.62. The van der Waals surface area contributed by atoms with E-state index in [-0.39, 0.29) is 18.9 Å². The van der Waals surface area contributed by atoms with Gasteiger partial charge in [-0.1, -0.05) is 42.3 Å². The summed E-state index contributed by atoms with van der Waals surface area (Å²) in [6.07, 6.45) is 3.38. The van der Waals surface area contributed by atoms with Crippen molar-refractivity contribution in [2.75, 3.05) is 0 Å². The van der Waals surface area contributed by atoms with Crippen LogP contribution in [-0.2, 0) is 16.8 Å². The van der Waals surface area contributed by atoms with Crippen molar-refractivity contribution < 1.29 is 14.6 Å². The summed E-state index contributed by atoms with van der Waals surface area (Å²) in [4.78, 5) is 15.5. The van der Waals surface area contributed by atoms with Gasteiger partial charge in [-0.05, 0) is 55.7 Å². The SMILES string of the molecule is CC#CC(CC(=O)O)c1ccc(OCc2cc(-c3ccc(C(C)(C)C#N)cc3)cn3ncnc23)cc1. The summed E-state index contributed by atoms with van der Waals surface area (Å²) in [6, 6.07) is 19.7. The second-order valence-electron chi connectivity index (χ2n) is 9.00. The minimum absolute atomic E-state index is 0.0479. The molecular formula is C29H26N4O3. The molecule has 2 aromatic carbocycles. The maximum Gasteiger partial charge on any atom is 0.304 e. The van der Waals surface area contributed by atoms with Gasteiger partial charge in [0.2, 0.25) is 0 Å². The van der Waals surface area contributed by atoms with E-state index in [1.165, 1.54) is 6.33 Å². The van der Waals surface area contributed by atoms with Gasteiger partial charge in [0.05, 0.1) is 23.8 Å². The van der Waals surface area contributed by atoms with E-state index in [0.717, 1.165) is 27.8 Å². The van der Waals surface area contributed by atoms with Crippen LogP contribution in [0.4, 0.5) is 0 Å². The van der Waals surface area contributed by atoms with Gasteiger partial charge in [0.15, 0.2) is 5.65 Å². The van der Waals surface area contributed by atoms with E-state index in [4.69, 9.17) is 9.84 Å². The van der Waals surface area contributed by atoms with Crippen LogP contribution in [0.25, 0.3) is 16.8 Å². The molecule has 0 spiro atoms. The second kappa shape index (κ2) is 10.3. The van der Waals surface area contributed by atoms with Crippen LogP contribution in [0, 0.1) is 23.2 Å². The molecule has 1 unspecified atom stereocenters. The van der Waals surface area contributed by atoms with Crippen LogP contribution in [0.1, 0.15) is 49.8 Å². The summed E-state index contributed by atoms with van der Waals surface area (Å²) in [6.45, 7) is 5.78. The number of carbonyl (C=O) groups is 1. The lowest BCUT2D eigenvalue weighted by molar-refractivity contribution is -0.137. The number of hydrogen-bond acceptors (Lipinski definition) is 5. The number of fused-ring (bicyclic) bond motifs is 1. The van der Waals surface area contributed by atoms with Crippen molar-refractivity contribution in [1.29, 1.82) is 5.26 Å². The lowest BCUT2D eigenvalue weighted by Crippen LogP contribution is -2.13. The number of ether oxygens (including phenoxy) is 1. The first-order valence-corrected chi connectivity index (χ1v) is 11.5. The van der Waals surface area contributed by atoms with E-state index in [1.807, 2.05) is 74.6 Å². The third-order valence-electron chi connectivity index (χ3n) is 6.04. The van der Waals surface area contributed by atoms with E-state index in [0.29, 0.717) is 11.4 Å². The van der Waals surface area contributed by atoms with E-state index in [1.54, 1.807) is 11.4 Å². The quantitative estimate of drug-likeness (QED) is 0.342. The molecule has 0 bridgehead atoms. The van der Waals surface area contributed by atoms with Crippen LogP contribution in [0.2, 0.25) is 0 Å². The number of hydrogen-bond donors (Lipinski definition) is 1. The van der Waals surface area contributed by atoms with Crippen molar-refractivity contribution in [2.24, 2.45) is 0 Å². The van der Waals surface area contributed by atoms with Gasteiger partial charge in [0.1, 0.15) is 18.7 Å². The molecule has 0 saturated carbocycles. The van der Waals surface area contributed by atoms with Crippen LogP contribution >= 0.6 is 0 Å². The van der Waals surface area contributed by atoms with E-state index in [2.05, 4.69) is 28.0 Å². The molecule has 7 nitrogen and oxygen atoms in total. The second-order valence-corrected chi connectivity index (χ2v) is 9.00. The number of pyridine rings is 1. The molecule has 4 aromatic rings. The number of aromatic nitrogens is 3. The Bertz CT molecular complexity index is 1480. The molecular weight excluding hydrogens is 452 g/mol. The highest BCUT2D eigenvalue weighted by molar-refractivity contribution is 5.69. The highest BCUT2D eigenvalue weighted by atomic mass is 16.5. The molecule has 2 aromatic heterocycles. The Balaban J connectivity index is 1.56. The highest BCUT2D eigenvalue weighted by Crippen LogP contribution is 2.28. The standard InChI is InChI=1S/C29H26N4O3/c1-4-5-22(15-27(34)35)20-8-12-26(13-9-20)36-17-24-14-23(16-33-28(24)31-19-32-33)21-6-10-25(11-7-21)29(2,3)18-30/h6-14,16,19,22H,15,17H2,1-3H3,(H,34,35). The van der Waals surface area contributed by atoms with Gasteiger partial charge in [0.25, 0.3) is 0 Å². The van der Waals surface area contributed by atoms with Crippen LogP contribution in [0.5, 0.6) is 5.75 Å². The fourth-order valence-electron chi connectivity index (χ4n) is 3.96.